The summed E-state index contributed by atoms with van der Waals surface area (Å²) >= 11 is 0. The smallest absolute Gasteiger partial charge is 0.240 e. The topological polar surface area (TPSA) is 62.1 Å². The van der Waals surface area contributed by atoms with Crippen LogP contribution in [0.1, 0.15) is 44.9 Å². The van der Waals surface area contributed by atoms with Gasteiger partial charge in [0.2, 0.25) is 5.91 Å². The summed E-state index contributed by atoms with van der Waals surface area (Å²) in [6, 6.07) is 2.26. The molecule has 0 aromatic rings. The fourth-order valence-electron chi connectivity index (χ4n) is 2.84. The van der Waals surface area contributed by atoms with Crippen molar-refractivity contribution in [2.75, 3.05) is 19.8 Å². The first-order valence-corrected chi connectivity index (χ1v) is 7.22. The molecule has 1 amide bonds. The predicted octanol–water partition coefficient (Wildman–Crippen LogP) is 2.31. The number of carbonyl (C=O) groups is 1. The van der Waals surface area contributed by atoms with Crippen molar-refractivity contribution in [3.05, 3.63) is 11.6 Å². The van der Waals surface area contributed by atoms with Gasteiger partial charge in [-0.05, 0) is 25.7 Å². The lowest BCUT2D eigenvalue weighted by Gasteiger charge is -2.29. The Bertz CT molecular complexity index is 389. The molecule has 0 spiro atoms. The van der Waals surface area contributed by atoms with Crippen LogP contribution in [0.2, 0.25) is 0 Å². The third-order valence-electron chi connectivity index (χ3n) is 4.14. The van der Waals surface area contributed by atoms with E-state index in [1.807, 2.05) is 0 Å². The largest absolute Gasteiger partial charge is 0.377 e. The Morgan fingerprint density at radius 1 is 1.42 bits per heavy atom. The zero-order valence-electron chi connectivity index (χ0n) is 11.4. The highest BCUT2D eigenvalue weighted by molar-refractivity contribution is 5.85. The van der Waals surface area contributed by atoms with Gasteiger partial charge in [-0.1, -0.05) is 30.9 Å². The summed E-state index contributed by atoms with van der Waals surface area (Å²) < 4.78 is 5.25. The normalized spacial score (nSPS) is 22.2. The first-order valence-electron chi connectivity index (χ1n) is 7.22. The SMILES string of the molecule is N#CC1(C(=O)NCCC2=CCOCC2)CCCCC1. The molecule has 1 heterocycles. The zero-order valence-corrected chi connectivity index (χ0v) is 11.4. The van der Waals surface area contributed by atoms with Crippen molar-refractivity contribution in [1.82, 2.24) is 5.32 Å². The third-order valence-corrected chi connectivity index (χ3v) is 4.14. The maximum absolute atomic E-state index is 12.2. The highest BCUT2D eigenvalue weighted by Gasteiger charge is 2.39. The van der Waals surface area contributed by atoms with Crippen molar-refractivity contribution in [2.24, 2.45) is 5.41 Å². The monoisotopic (exact) mass is 262 g/mol. The molecular formula is C15H22N2O2. The fourth-order valence-corrected chi connectivity index (χ4v) is 2.84. The van der Waals surface area contributed by atoms with Crippen LogP contribution in [0.3, 0.4) is 0 Å². The second-order valence-electron chi connectivity index (χ2n) is 5.45. The van der Waals surface area contributed by atoms with Crippen molar-refractivity contribution in [2.45, 2.75) is 44.9 Å². The van der Waals surface area contributed by atoms with Gasteiger partial charge < -0.3 is 10.1 Å². The lowest BCUT2D eigenvalue weighted by atomic mass is 9.74. The average Bonchev–Trinajstić information content (AvgIpc) is 2.49. The number of amides is 1. The van der Waals surface area contributed by atoms with Crippen LogP contribution in [0.4, 0.5) is 0 Å². The van der Waals surface area contributed by atoms with Crippen molar-refractivity contribution >= 4 is 5.91 Å². The number of carbonyl (C=O) groups excluding carboxylic acids is 1. The molecule has 2 aliphatic rings. The minimum atomic E-state index is -0.762. The van der Waals surface area contributed by atoms with Gasteiger partial charge in [0.05, 0.1) is 19.3 Å². The van der Waals surface area contributed by atoms with E-state index in [2.05, 4.69) is 17.5 Å². The Balaban J connectivity index is 1.80. The second-order valence-corrected chi connectivity index (χ2v) is 5.45. The first-order chi connectivity index (χ1) is 9.27. The van der Waals surface area contributed by atoms with Gasteiger partial charge in [-0.15, -0.1) is 0 Å². The molecule has 0 saturated heterocycles. The van der Waals surface area contributed by atoms with Gasteiger partial charge in [-0.2, -0.15) is 5.26 Å². The van der Waals surface area contributed by atoms with Crippen LogP contribution >= 0.6 is 0 Å². The predicted molar refractivity (Wildman–Crippen MR) is 72.3 cm³/mol. The van der Waals surface area contributed by atoms with Gasteiger partial charge >= 0.3 is 0 Å². The summed E-state index contributed by atoms with van der Waals surface area (Å²) in [5.41, 5.74) is 0.587. The second kappa shape index (κ2) is 6.72. The fraction of sp³-hybridized carbons (Fsp3) is 0.733. The zero-order chi connectivity index (χ0) is 13.6. The standard InChI is InChI=1S/C15H22N2O2/c16-12-15(7-2-1-3-8-15)14(18)17-9-4-13-5-10-19-11-6-13/h5H,1-4,6-11H2,(H,17,18). The molecule has 19 heavy (non-hydrogen) atoms. The molecule has 1 fully saturated rings. The summed E-state index contributed by atoms with van der Waals surface area (Å²) in [5.74, 6) is -0.0673. The lowest BCUT2D eigenvalue weighted by Crippen LogP contribution is -2.41. The summed E-state index contributed by atoms with van der Waals surface area (Å²) in [6.45, 7) is 2.10. The number of hydrogen-bond donors (Lipinski definition) is 1. The Labute approximate surface area is 114 Å². The molecule has 4 heteroatoms. The Morgan fingerprint density at radius 2 is 2.21 bits per heavy atom. The highest BCUT2D eigenvalue weighted by atomic mass is 16.5. The molecule has 1 aliphatic heterocycles. The van der Waals surface area contributed by atoms with E-state index in [1.165, 1.54) is 5.57 Å². The van der Waals surface area contributed by atoms with Gasteiger partial charge in [-0.25, -0.2) is 0 Å². The quantitative estimate of drug-likeness (QED) is 0.791. The Kier molecular flexibility index (Phi) is 4.98. The maximum Gasteiger partial charge on any atom is 0.240 e. The van der Waals surface area contributed by atoms with Gasteiger partial charge in [0, 0.05) is 6.54 Å². The minimum absolute atomic E-state index is 0.0673. The summed E-state index contributed by atoms with van der Waals surface area (Å²) in [5, 5.41) is 12.3. The van der Waals surface area contributed by atoms with Gasteiger partial charge in [0.1, 0.15) is 5.41 Å². The van der Waals surface area contributed by atoms with E-state index in [9.17, 15) is 10.1 Å². The number of ether oxygens (including phenoxy) is 1. The number of nitrogens with zero attached hydrogens (tertiary/aromatic N) is 1. The summed E-state index contributed by atoms with van der Waals surface area (Å²) in [6.07, 6.45) is 8.47. The molecule has 0 radical (unpaired) electrons. The van der Waals surface area contributed by atoms with Crippen LogP contribution in [-0.4, -0.2) is 25.7 Å². The first kappa shape index (κ1) is 14.1. The summed E-state index contributed by atoms with van der Waals surface area (Å²) in [7, 11) is 0. The van der Waals surface area contributed by atoms with Gasteiger partial charge in [-0.3, -0.25) is 4.79 Å². The van der Waals surface area contributed by atoms with E-state index in [4.69, 9.17) is 4.74 Å². The van der Waals surface area contributed by atoms with E-state index < -0.39 is 5.41 Å². The maximum atomic E-state index is 12.2. The number of rotatable bonds is 4. The van der Waals surface area contributed by atoms with Gasteiger partial charge in [0.25, 0.3) is 0 Å². The number of hydrogen-bond acceptors (Lipinski definition) is 3. The minimum Gasteiger partial charge on any atom is -0.377 e. The molecule has 1 saturated carbocycles. The molecule has 0 unspecified atom stereocenters. The van der Waals surface area contributed by atoms with Crippen molar-refractivity contribution in [3.8, 4) is 6.07 Å². The molecule has 0 aromatic heterocycles. The molecule has 104 valence electrons. The Morgan fingerprint density at radius 3 is 2.84 bits per heavy atom. The Hall–Kier alpha value is -1.34. The molecule has 0 atom stereocenters. The van der Waals surface area contributed by atoms with E-state index in [-0.39, 0.29) is 5.91 Å². The van der Waals surface area contributed by atoms with Gasteiger partial charge in [0.15, 0.2) is 0 Å². The van der Waals surface area contributed by atoms with Crippen LogP contribution in [0.15, 0.2) is 11.6 Å². The van der Waals surface area contributed by atoms with E-state index in [0.717, 1.165) is 38.7 Å². The highest BCUT2D eigenvalue weighted by Crippen LogP contribution is 2.35. The van der Waals surface area contributed by atoms with Crippen molar-refractivity contribution in [1.29, 1.82) is 5.26 Å². The summed E-state index contributed by atoms with van der Waals surface area (Å²) in [4.78, 5) is 12.2. The average molecular weight is 262 g/mol. The molecule has 2 rings (SSSR count). The number of nitriles is 1. The van der Waals surface area contributed by atoms with Crippen LogP contribution in [0, 0.1) is 16.7 Å². The lowest BCUT2D eigenvalue weighted by molar-refractivity contribution is -0.129. The molecule has 0 bridgehead atoms. The number of nitrogens with one attached hydrogen (secondary N) is 1. The molecule has 4 nitrogen and oxygen atoms in total. The van der Waals surface area contributed by atoms with Crippen molar-refractivity contribution in [3.63, 3.8) is 0 Å². The third kappa shape index (κ3) is 3.57. The molecular weight excluding hydrogens is 240 g/mol. The molecule has 1 N–H and O–H groups in total. The molecule has 1 aliphatic carbocycles. The van der Waals surface area contributed by atoms with E-state index in [0.29, 0.717) is 26.0 Å². The van der Waals surface area contributed by atoms with Crippen LogP contribution in [-0.2, 0) is 9.53 Å². The van der Waals surface area contributed by atoms with Crippen molar-refractivity contribution < 1.29 is 9.53 Å². The van der Waals surface area contributed by atoms with E-state index in [1.54, 1.807) is 0 Å². The van der Waals surface area contributed by atoms with Crippen LogP contribution in [0.25, 0.3) is 0 Å². The van der Waals surface area contributed by atoms with Crippen LogP contribution in [0.5, 0.6) is 0 Å². The van der Waals surface area contributed by atoms with Crippen LogP contribution < -0.4 is 5.32 Å². The van der Waals surface area contributed by atoms with E-state index >= 15 is 0 Å². The molecule has 0 aromatic carbocycles.